The second-order valence-corrected chi connectivity index (χ2v) is 31.6. The smallest absolute Gasteiger partial charge is 0.278 e. The summed E-state index contributed by atoms with van der Waals surface area (Å²) in [6.07, 6.45) is 0.0732. The van der Waals surface area contributed by atoms with E-state index in [1.165, 1.54) is 0 Å². The Balaban J connectivity index is 2.23. The first-order valence-electron chi connectivity index (χ1n) is 15.1. The number of hydrogen-bond donors (Lipinski definition) is 0. The van der Waals surface area contributed by atoms with Gasteiger partial charge in [0, 0.05) is 13.2 Å². The molecule has 0 bridgehead atoms. The van der Waals surface area contributed by atoms with Crippen LogP contribution in [0.25, 0.3) is 11.0 Å². The third-order valence-electron chi connectivity index (χ3n) is 10.3. The fourth-order valence-corrected chi connectivity index (χ4v) is 8.44. The van der Waals surface area contributed by atoms with Crippen LogP contribution in [-0.4, -0.2) is 64.0 Å². The molecule has 2 aromatic heterocycles. The van der Waals surface area contributed by atoms with E-state index in [0.29, 0.717) is 22.4 Å². The Morgan fingerprint density at radius 2 is 1.33 bits per heavy atom. The molecule has 42 heavy (non-hydrogen) atoms. The summed E-state index contributed by atoms with van der Waals surface area (Å²) in [5, 5.41) is 0.0202. The lowest BCUT2D eigenvalue weighted by Crippen LogP contribution is -2.54. The molecule has 4 atom stereocenters. The normalized spacial score (nSPS) is 23.3. The molecule has 0 spiro atoms. The van der Waals surface area contributed by atoms with Crippen molar-refractivity contribution in [3.05, 3.63) is 27.4 Å². The van der Waals surface area contributed by atoms with Crippen LogP contribution in [0.3, 0.4) is 0 Å². The van der Waals surface area contributed by atoms with Gasteiger partial charge in [-0.2, -0.15) is 0 Å². The molecule has 0 amide bonds. The van der Waals surface area contributed by atoms with E-state index in [2.05, 4.69) is 123 Å². The number of hydrogen-bond acceptors (Lipinski definition) is 6. The number of nitrogens with zero attached hydrogens (tertiary/aromatic N) is 3. The van der Waals surface area contributed by atoms with Gasteiger partial charge in [0.05, 0.1) is 12.1 Å². The van der Waals surface area contributed by atoms with E-state index in [-0.39, 0.29) is 32.9 Å². The maximum absolute atomic E-state index is 13.1. The molecule has 2 aromatic rings. The van der Waals surface area contributed by atoms with Crippen LogP contribution in [0, 0.1) is 0 Å². The number of ether oxygens (including phenoxy) is 1. The van der Waals surface area contributed by atoms with Crippen molar-refractivity contribution in [3.63, 3.8) is 0 Å². The van der Waals surface area contributed by atoms with Crippen molar-refractivity contribution in [2.75, 3.05) is 6.61 Å². The Morgan fingerprint density at radius 3 is 1.81 bits per heavy atom. The number of imidazole rings is 1. The molecule has 12 heteroatoms. The Kier molecular flexibility index (Phi) is 9.94. The number of aromatic nitrogens is 3. The third kappa shape index (κ3) is 6.95. The minimum absolute atomic E-state index is 0.00799. The van der Waals surface area contributed by atoms with Crippen molar-refractivity contribution in [2.45, 2.75) is 141 Å². The summed E-state index contributed by atoms with van der Waals surface area (Å²) in [7, 11) is -4.91. The molecular weight excluding hydrogens is 647 g/mol. The van der Waals surface area contributed by atoms with Crippen molar-refractivity contribution < 1.29 is 18.0 Å². The number of pyridine rings is 1. The van der Waals surface area contributed by atoms with Gasteiger partial charge in [-0.15, -0.1) is 0 Å². The molecule has 0 radical (unpaired) electrons. The van der Waals surface area contributed by atoms with E-state index in [9.17, 15) is 4.79 Å². The molecule has 0 aromatic carbocycles. The largest absolute Gasteiger partial charge is 0.414 e. The zero-order valence-corrected chi connectivity index (χ0v) is 33.5. The molecule has 0 N–H and O–H groups in total. The summed E-state index contributed by atoms with van der Waals surface area (Å²) in [4.78, 5) is 17.7. The van der Waals surface area contributed by atoms with Gasteiger partial charge in [-0.3, -0.25) is 9.36 Å². The van der Waals surface area contributed by atoms with Crippen LogP contribution in [0.1, 0.15) is 68.5 Å². The van der Waals surface area contributed by atoms with Crippen LogP contribution in [0.4, 0.5) is 0 Å². The number of rotatable bonds is 8. The number of halogens is 1. The molecule has 0 saturated carbocycles. The standard InChI is InChI=1S/C30H56BrN3O5Si3/c1-28(2,3)40(11,12)36-19-21-23(38-41(13,14)29(4,5)6)24(39-42(15,16)30(7,8)9)26(37-21)34-20-17-18-33(10)25(35)22(20)32-27(34)31/h17-18,21,23-24,26H,19H2,1-16H3/t21-,23-,24-,26-/m1/s1. The van der Waals surface area contributed by atoms with Gasteiger partial charge in [-0.05, 0) is 76.4 Å². The van der Waals surface area contributed by atoms with Crippen molar-refractivity contribution in [1.29, 1.82) is 0 Å². The van der Waals surface area contributed by atoms with E-state index < -0.39 is 37.3 Å². The Morgan fingerprint density at radius 1 is 0.857 bits per heavy atom. The molecule has 0 unspecified atom stereocenters. The second-order valence-electron chi connectivity index (χ2n) is 16.5. The van der Waals surface area contributed by atoms with Crippen LogP contribution in [0.15, 0.2) is 21.8 Å². The van der Waals surface area contributed by atoms with Gasteiger partial charge in [0.2, 0.25) is 0 Å². The monoisotopic (exact) mass is 701 g/mol. The quantitative estimate of drug-likeness (QED) is 0.258. The summed E-state index contributed by atoms with van der Waals surface area (Å²) in [5.41, 5.74) is 0.943. The Hall–Kier alpha value is -0.609. The molecule has 8 nitrogen and oxygen atoms in total. The third-order valence-corrected chi connectivity index (χ3v) is 24.3. The van der Waals surface area contributed by atoms with E-state index in [1.807, 2.05) is 10.6 Å². The van der Waals surface area contributed by atoms with Gasteiger partial charge in [0.25, 0.3) is 5.56 Å². The highest BCUT2D eigenvalue weighted by molar-refractivity contribution is 9.10. The van der Waals surface area contributed by atoms with Crippen molar-refractivity contribution in [2.24, 2.45) is 7.05 Å². The molecule has 1 saturated heterocycles. The van der Waals surface area contributed by atoms with Crippen LogP contribution in [0.5, 0.6) is 0 Å². The highest BCUT2D eigenvalue weighted by Gasteiger charge is 2.55. The first kappa shape index (κ1) is 35.9. The van der Waals surface area contributed by atoms with E-state index >= 15 is 0 Å². The van der Waals surface area contributed by atoms with Crippen molar-refractivity contribution >= 4 is 51.9 Å². The van der Waals surface area contributed by atoms with E-state index in [0.717, 1.165) is 0 Å². The lowest BCUT2D eigenvalue weighted by Gasteiger charge is -2.44. The van der Waals surface area contributed by atoms with Gasteiger partial charge >= 0.3 is 0 Å². The predicted octanol–water partition coefficient (Wildman–Crippen LogP) is 8.20. The van der Waals surface area contributed by atoms with Crippen LogP contribution >= 0.6 is 15.9 Å². The summed E-state index contributed by atoms with van der Waals surface area (Å²) >= 11 is 3.68. The van der Waals surface area contributed by atoms with Crippen LogP contribution in [-0.2, 0) is 25.1 Å². The molecule has 3 rings (SSSR count). The Bertz CT molecular complexity index is 1340. The number of fused-ring (bicyclic) bond motifs is 1. The molecule has 240 valence electrons. The fourth-order valence-electron chi connectivity index (χ4n) is 4.25. The summed E-state index contributed by atoms with van der Waals surface area (Å²) < 4.78 is 32.4. The molecule has 1 aliphatic heterocycles. The molecule has 3 heterocycles. The highest BCUT2D eigenvalue weighted by Crippen LogP contribution is 2.47. The maximum Gasteiger partial charge on any atom is 0.278 e. The van der Waals surface area contributed by atoms with Gasteiger partial charge < -0.3 is 22.6 Å². The summed E-state index contributed by atoms with van der Waals surface area (Å²) in [5.74, 6) is 0. The summed E-state index contributed by atoms with van der Waals surface area (Å²) in [6, 6.07) is 1.92. The minimum atomic E-state index is -2.30. The van der Waals surface area contributed by atoms with Crippen LogP contribution < -0.4 is 5.56 Å². The highest BCUT2D eigenvalue weighted by atomic mass is 79.9. The lowest BCUT2D eigenvalue weighted by atomic mass is 10.1. The predicted molar refractivity (Wildman–Crippen MR) is 184 cm³/mol. The number of aryl methyl sites for hydroxylation is 1. The van der Waals surface area contributed by atoms with Crippen LogP contribution in [0.2, 0.25) is 54.4 Å². The Labute approximate surface area is 265 Å². The molecular formula is C30H56BrN3O5Si3. The average molecular weight is 703 g/mol. The summed E-state index contributed by atoms with van der Waals surface area (Å²) in [6.45, 7) is 34.3. The van der Waals surface area contributed by atoms with Crippen molar-refractivity contribution in [3.8, 4) is 0 Å². The van der Waals surface area contributed by atoms with Gasteiger partial charge in [-0.25, -0.2) is 4.98 Å². The minimum Gasteiger partial charge on any atom is -0.414 e. The lowest BCUT2D eigenvalue weighted by molar-refractivity contribution is -0.0478. The van der Waals surface area contributed by atoms with Gasteiger partial charge in [-0.1, -0.05) is 62.3 Å². The second kappa shape index (κ2) is 11.6. The average Bonchev–Trinajstić information content (AvgIpc) is 3.29. The SMILES string of the molecule is Cn1ccc2c(nc(Br)n2[C@@H]2O[C@H](CO[Si](C)(C)C(C)(C)C)[C@@H](O[Si](C)(C)C(C)(C)C)[C@H]2O[Si](C)(C)C(C)(C)C)c1=O. The first-order valence-corrected chi connectivity index (χ1v) is 24.6. The maximum atomic E-state index is 13.1. The molecule has 0 aliphatic carbocycles. The topological polar surface area (TPSA) is 76.7 Å². The van der Waals surface area contributed by atoms with Gasteiger partial charge in [0.1, 0.15) is 18.3 Å². The van der Waals surface area contributed by atoms with Gasteiger partial charge in [0.15, 0.2) is 41.4 Å². The van der Waals surface area contributed by atoms with E-state index in [1.54, 1.807) is 17.8 Å². The zero-order valence-electron chi connectivity index (χ0n) is 28.9. The van der Waals surface area contributed by atoms with Crippen molar-refractivity contribution in [1.82, 2.24) is 14.1 Å². The molecule has 1 aliphatic rings. The fraction of sp³-hybridized carbons (Fsp3) is 0.800. The van der Waals surface area contributed by atoms with E-state index in [4.69, 9.17) is 18.0 Å². The first-order chi connectivity index (χ1) is 18.7. The zero-order chi connectivity index (χ0) is 32.4. The molecule has 1 fully saturated rings.